The molecule has 0 aliphatic carbocycles. The number of nitrogens with zero attached hydrogens (tertiary/aromatic N) is 1. The molecule has 2 aliphatic rings. The standard InChI is InChI=1S/C18H19N2O10P/c1-9-7-20(17(24)19-15(9)21)14-6-12-13(29-14)8-28-18(30-12,31(25,26)27)11-4-2-10(3-5-11)16(22)23/h2-5,7,12-14H,6,8H2,1H3,(H,22,23)(H,19,21,24)(H2,25,26,27)/t12-,13-,14-,18-/m1/s1. The Labute approximate surface area is 174 Å². The normalized spacial score (nSPS) is 28.3. The molecule has 1 aromatic heterocycles. The monoisotopic (exact) mass is 454 g/mol. The molecule has 0 amide bonds. The highest BCUT2D eigenvalue weighted by atomic mass is 31.2. The lowest BCUT2D eigenvalue weighted by Crippen LogP contribution is -2.48. The molecule has 0 unspecified atom stereocenters. The third-order valence-electron chi connectivity index (χ3n) is 5.27. The second kappa shape index (κ2) is 7.52. The first-order valence-corrected chi connectivity index (χ1v) is 10.8. The highest BCUT2D eigenvalue weighted by Crippen LogP contribution is 2.61. The van der Waals surface area contributed by atoms with Crippen LogP contribution in [0.1, 0.15) is 34.1 Å². The average molecular weight is 454 g/mol. The number of carbonyl (C=O) groups is 1. The molecule has 0 bridgehead atoms. The lowest BCUT2D eigenvalue weighted by molar-refractivity contribution is -0.282. The zero-order chi connectivity index (χ0) is 22.6. The maximum atomic E-state index is 12.4. The first-order valence-electron chi connectivity index (χ1n) is 9.20. The Bertz CT molecular complexity index is 1180. The van der Waals surface area contributed by atoms with E-state index in [4.69, 9.17) is 19.3 Å². The third-order valence-corrected chi connectivity index (χ3v) is 6.53. The second-order valence-corrected chi connectivity index (χ2v) is 9.00. The molecule has 4 atom stereocenters. The first-order chi connectivity index (χ1) is 14.5. The predicted molar refractivity (Wildman–Crippen MR) is 103 cm³/mol. The number of aromatic carboxylic acids is 1. The summed E-state index contributed by atoms with van der Waals surface area (Å²) < 4.78 is 30.6. The molecule has 0 saturated carbocycles. The summed E-state index contributed by atoms with van der Waals surface area (Å²) in [5, 5.41) is 9.05. The van der Waals surface area contributed by atoms with Crippen molar-refractivity contribution in [2.24, 2.45) is 0 Å². The molecule has 1 aromatic carbocycles. The minimum Gasteiger partial charge on any atom is -0.478 e. The number of nitrogens with one attached hydrogen (secondary N) is 1. The lowest BCUT2D eigenvalue weighted by Gasteiger charge is -2.41. The van der Waals surface area contributed by atoms with Crippen LogP contribution in [0, 0.1) is 6.92 Å². The molecule has 2 aliphatic heterocycles. The molecule has 3 heterocycles. The van der Waals surface area contributed by atoms with Gasteiger partial charge in [0.25, 0.3) is 5.56 Å². The van der Waals surface area contributed by atoms with Crippen molar-refractivity contribution in [1.29, 1.82) is 0 Å². The number of fused-ring (bicyclic) bond motifs is 1. The molecule has 0 radical (unpaired) electrons. The average Bonchev–Trinajstić information content (AvgIpc) is 3.12. The van der Waals surface area contributed by atoms with Crippen LogP contribution in [-0.4, -0.2) is 49.2 Å². The summed E-state index contributed by atoms with van der Waals surface area (Å²) in [6, 6.07) is 4.80. The first kappa shape index (κ1) is 21.6. The molecule has 2 saturated heterocycles. The fourth-order valence-corrected chi connectivity index (χ4v) is 4.68. The van der Waals surface area contributed by atoms with Crippen molar-refractivity contribution in [1.82, 2.24) is 9.55 Å². The van der Waals surface area contributed by atoms with Gasteiger partial charge < -0.3 is 29.1 Å². The zero-order valence-electron chi connectivity index (χ0n) is 16.1. The summed E-state index contributed by atoms with van der Waals surface area (Å²) in [6.07, 6.45) is -1.01. The van der Waals surface area contributed by atoms with E-state index < -0.39 is 48.8 Å². The van der Waals surface area contributed by atoms with Gasteiger partial charge in [0.15, 0.2) is 0 Å². The van der Waals surface area contributed by atoms with E-state index in [-0.39, 0.29) is 24.2 Å². The van der Waals surface area contributed by atoms with Crippen LogP contribution in [0.25, 0.3) is 0 Å². The molecule has 2 aromatic rings. The van der Waals surface area contributed by atoms with Gasteiger partial charge >= 0.3 is 24.8 Å². The van der Waals surface area contributed by atoms with Gasteiger partial charge in [-0.1, -0.05) is 12.1 Å². The second-order valence-electron chi connectivity index (χ2n) is 7.32. The van der Waals surface area contributed by atoms with Crippen LogP contribution in [0.2, 0.25) is 0 Å². The summed E-state index contributed by atoms with van der Waals surface area (Å²) in [5.74, 6) is -1.20. The number of aryl methyl sites for hydroxylation is 1. The SMILES string of the molecule is Cc1cn([C@H]2C[C@H]3O[C@](c4ccc(C(=O)O)cc4)(P(=O)(O)O)OC[C@H]3O2)c(=O)[nH]c1=O. The van der Waals surface area contributed by atoms with Crippen molar-refractivity contribution >= 4 is 13.6 Å². The van der Waals surface area contributed by atoms with E-state index in [2.05, 4.69) is 4.98 Å². The number of aromatic amines is 1. The molecule has 4 N–H and O–H groups in total. The Morgan fingerprint density at radius 1 is 1.23 bits per heavy atom. The minimum absolute atomic E-state index is 0.0511. The van der Waals surface area contributed by atoms with Crippen LogP contribution in [0.4, 0.5) is 0 Å². The fourth-order valence-electron chi connectivity index (χ4n) is 3.68. The van der Waals surface area contributed by atoms with E-state index in [9.17, 15) is 28.7 Å². The number of hydrogen-bond acceptors (Lipinski definition) is 7. The lowest BCUT2D eigenvalue weighted by atomic mass is 10.1. The van der Waals surface area contributed by atoms with Gasteiger partial charge in [-0.15, -0.1) is 0 Å². The van der Waals surface area contributed by atoms with Gasteiger partial charge in [-0.2, -0.15) is 0 Å². The molecular weight excluding hydrogens is 435 g/mol. The van der Waals surface area contributed by atoms with Crippen molar-refractivity contribution < 1.29 is 38.5 Å². The van der Waals surface area contributed by atoms with E-state index in [1.165, 1.54) is 42.0 Å². The molecule has 31 heavy (non-hydrogen) atoms. The fraction of sp³-hybridized carbons (Fsp3) is 0.389. The number of hydrogen-bond donors (Lipinski definition) is 4. The Hall–Kier alpha value is -2.60. The van der Waals surface area contributed by atoms with Gasteiger partial charge in [-0.05, 0) is 19.1 Å². The highest BCUT2D eigenvalue weighted by Gasteiger charge is 2.59. The van der Waals surface area contributed by atoms with Crippen molar-refractivity contribution in [3.05, 3.63) is 68.0 Å². The van der Waals surface area contributed by atoms with Crippen LogP contribution >= 0.6 is 7.60 Å². The number of rotatable bonds is 4. The maximum absolute atomic E-state index is 12.4. The summed E-state index contributed by atoms with van der Waals surface area (Å²) in [7, 11) is -5.06. The molecular formula is C18H19N2O10P. The Morgan fingerprint density at radius 2 is 1.90 bits per heavy atom. The minimum atomic E-state index is -5.06. The quantitative estimate of drug-likeness (QED) is 0.468. The maximum Gasteiger partial charge on any atom is 0.389 e. The van der Waals surface area contributed by atoms with Crippen molar-refractivity contribution in [3.63, 3.8) is 0 Å². The zero-order valence-corrected chi connectivity index (χ0v) is 17.0. The number of ether oxygens (including phenoxy) is 3. The van der Waals surface area contributed by atoms with Crippen molar-refractivity contribution in [3.8, 4) is 0 Å². The molecule has 13 heteroatoms. The van der Waals surface area contributed by atoms with E-state index in [1.807, 2.05) is 0 Å². The summed E-state index contributed by atoms with van der Waals surface area (Å²) in [6.45, 7) is 1.28. The largest absolute Gasteiger partial charge is 0.478 e. The van der Waals surface area contributed by atoms with Crippen LogP contribution in [0.5, 0.6) is 0 Å². The summed E-state index contributed by atoms with van der Waals surface area (Å²) in [5.41, 5.74) is -3.50. The van der Waals surface area contributed by atoms with Crippen molar-refractivity contribution in [2.45, 2.75) is 37.3 Å². The van der Waals surface area contributed by atoms with E-state index in [1.54, 1.807) is 0 Å². The van der Waals surface area contributed by atoms with Crippen LogP contribution in [0.3, 0.4) is 0 Å². The van der Waals surface area contributed by atoms with Crippen molar-refractivity contribution in [2.75, 3.05) is 6.61 Å². The van der Waals surface area contributed by atoms with Crippen LogP contribution in [0.15, 0.2) is 40.1 Å². The van der Waals surface area contributed by atoms with E-state index in [0.717, 1.165) is 0 Å². The van der Waals surface area contributed by atoms with Gasteiger partial charge in [0.1, 0.15) is 12.3 Å². The van der Waals surface area contributed by atoms with Gasteiger partial charge in [0.05, 0.1) is 18.3 Å². The van der Waals surface area contributed by atoms with Gasteiger partial charge in [0, 0.05) is 23.7 Å². The molecule has 0 spiro atoms. The number of carboxylic acids is 1. The number of H-pyrrole nitrogens is 1. The topological polar surface area (TPSA) is 177 Å². The highest BCUT2D eigenvalue weighted by molar-refractivity contribution is 7.52. The van der Waals surface area contributed by atoms with Crippen LogP contribution < -0.4 is 11.2 Å². The molecule has 2 fully saturated rings. The third kappa shape index (κ3) is 3.67. The van der Waals surface area contributed by atoms with E-state index >= 15 is 0 Å². The Balaban J connectivity index is 1.66. The number of carboxylic acid groups (broad SMARTS) is 1. The van der Waals surface area contributed by atoms with Gasteiger partial charge in [0.2, 0.25) is 0 Å². The van der Waals surface area contributed by atoms with Crippen LogP contribution in [-0.2, 0) is 24.3 Å². The Kier molecular flexibility index (Phi) is 5.24. The van der Waals surface area contributed by atoms with Gasteiger partial charge in [-0.25, -0.2) is 9.59 Å². The molecule has 4 rings (SSSR count). The molecule has 166 valence electrons. The van der Waals surface area contributed by atoms with E-state index in [0.29, 0.717) is 5.56 Å². The number of benzene rings is 1. The number of aromatic nitrogens is 2. The summed E-state index contributed by atoms with van der Waals surface area (Å²) >= 11 is 0. The Morgan fingerprint density at radius 3 is 2.52 bits per heavy atom. The molecule has 12 nitrogen and oxygen atoms in total. The van der Waals surface area contributed by atoms with Gasteiger partial charge in [-0.3, -0.25) is 18.9 Å². The smallest absolute Gasteiger partial charge is 0.389 e. The summed E-state index contributed by atoms with van der Waals surface area (Å²) in [4.78, 5) is 57.1. The predicted octanol–water partition coefficient (Wildman–Crippen LogP) is 0.234.